The number of methoxy groups -OCH3 is 1. The summed E-state index contributed by atoms with van der Waals surface area (Å²) in [5, 5.41) is 0.682. The molecule has 1 unspecified atom stereocenters. The summed E-state index contributed by atoms with van der Waals surface area (Å²) < 4.78 is 5.06. The van der Waals surface area contributed by atoms with E-state index in [9.17, 15) is 4.79 Å². The molecule has 1 aromatic carbocycles. The highest BCUT2D eigenvalue weighted by molar-refractivity contribution is 8.01. The van der Waals surface area contributed by atoms with Gasteiger partial charge in [0.1, 0.15) is 10.8 Å². The average Bonchev–Trinajstić information content (AvgIpc) is 2.50. The fraction of sp³-hybridized carbons (Fsp3) is 0.300. The minimum absolute atomic E-state index is 0.0758. The van der Waals surface area contributed by atoms with Crippen molar-refractivity contribution in [2.45, 2.75) is 17.1 Å². The number of thioether (sulfide) groups is 1. The lowest BCUT2D eigenvalue weighted by Gasteiger charge is -2.07. The van der Waals surface area contributed by atoms with Crippen LogP contribution in [-0.2, 0) is 0 Å². The first-order valence-electron chi connectivity index (χ1n) is 4.33. The third-order valence-corrected chi connectivity index (χ3v) is 4.47. The number of hydrogen-bond acceptors (Lipinski definition) is 3. The van der Waals surface area contributed by atoms with Gasteiger partial charge in [-0.2, -0.15) is 0 Å². The molecule has 0 aliphatic carbocycles. The van der Waals surface area contributed by atoms with E-state index in [-0.39, 0.29) is 11.0 Å². The number of rotatable bonds is 1. The zero-order valence-electron chi connectivity index (χ0n) is 8.14. The second kappa shape index (κ2) is 3.89. The Morgan fingerprint density at radius 1 is 1.40 bits per heavy atom. The van der Waals surface area contributed by atoms with Crippen LogP contribution in [0.4, 0.5) is 0 Å². The third-order valence-electron chi connectivity index (χ3n) is 2.28. The quantitative estimate of drug-likeness (QED) is 0.773. The number of ketones is 1. The highest BCUT2D eigenvalue weighted by atomic mass is 35.5. The minimum atomic E-state index is -0.0966. The first-order valence-corrected chi connectivity index (χ1v) is 5.96. The van der Waals surface area contributed by atoms with Gasteiger partial charge in [0, 0.05) is 10.5 Å². The Balaban J connectivity index is 2.66. The van der Waals surface area contributed by atoms with Gasteiger partial charge in [-0.05, 0) is 13.0 Å². The molecular formula is C10H8Cl2O2S. The predicted molar refractivity (Wildman–Crippen MR) is 62.7 cm³/mol. The summed E-state index contributed by atoms with van der Waals surface area (Å²) in [5.74, 6) is 0.523. The van der Waals surface area contributed by atoms with Gasteiger partial charge in [-0.25, -0.2) is 0 Å². The van der Waals surface area contributed by atoms with Crippen molar-refractivity contribution in [1.29, 1.82) is 0 Å². The molecule has 5 heteroatoms. The van der Waals surface area contributed by atoms with Crippen molar-refractivity contribution in [3.05, 3.63) is 21.7 Å². The second-order valence-electron chi connectivity index (χ2n) is 3.21. The lowest BCUT2D eigenvalue weighted by molar-refractivity contribution is 0.0995. The van der Waals surface area contributed by atoms with E-state index in [4.69, 9.17) is 27.9 Å². The predicted octanol–water partition coefficient (Wildman–Crippen LogP) is 3.68. The molecule has 0 saturated carbocycles. The summed E-state index contributed by atoms with van der Waals surface area (Å²) in [6, 6.07) is 1.66. The number of benzene rings is 1. The van der Waals surface area contributed by atoms with E-state index < -0.39 is 0 Å². The van der Waals surface area contributed by atoms with E-state index in [1.807, 2.05) is 6.92 Å². The van der Waals surface area contributed by atoms with Gasteiger partial charge in [-0.15, -0.1) is 11.8 Å². The van der Waals surface area contributed by atoms with Crippen molar-refractivity contribution < 1.29 is 9.53 Å². The summed E-state index contributed by atoms with van der Waals surface area (Å²) in [5.41, 5.74) is 0.610. The molecular weight excluding hydrogens is 255 g/mol. The van der Waals surface area contributed by atoms with Crippen LogP contribution in [0.3, 0.4) is 0 Å². The van der Waals surface area contributed by atoms with Crippen LogP contribution in [-0.4, -0.2) is 18.1 Å². The van der Waals surface area contributed by atoms with Gasteiger partial charge < -0.3 is 4.74 Å². The van der Waals surface area contributed by atoms with Gasteiger partial charge in [0.15, 0.2) is 5.78 Å². The van der Waals surface area contributed by atoms with Gasteiger partial charge >= 0.3 is 0 Å². The number of ether oxygens (including phenoxy) is 1. The minimum Gasteiger partial charge on any atom is -0.495 e. The molecule has 2 nitrogen and oxygen atoms in total. The summed E-state index contributed by atoms with van der Waals surface area (Å²) in [6.07, 6.45) is 0. The van der Waals surface area contributed by atoms with Crippen molar-refractivity contribution in [2.75, 3.05) is 7.11 Å². The van der Waals surface area contributed by atoms with Crippen LogP contribution < -0.4 is 4.74 Å². The Bertz CT molecular complexity index is 446. The van der Waals surface area contributed by atoms with Gasteiger partial charge in [0.05, 0.1) is 17.4 Å². The Morgan fingerprint density at radius 3 is 2.67 bits per heavy atom. The van der Waals surface area contributed by atoms with Gasteiger partial charge in [0.2, 0.25) is 0 Å². The molecule has 1 atom stereocenters. The number of carbonyl (C=O) groups excluding carboxylic acids is 1. The van der Waals surface area contributed by atoms with E-state index in [0.717, 1.165) is 4.90 Å². The van der Waals surface area contributed by atoms with Crippen molar-refractivity contribution >= 4 is 40.7 Å². The van der Waals surface area contributed by atoms with Crippen molar-refractivity contribution in [3.8, 4) is 5.75 Å². The van der Waals surface area contributed by atoms with Crippen LogP contribution in [0.25, 0.3) is 0 Å². The molecule has 0 amide bonds. The molecule has 0 radical (unpaired) electrons. The summed E-state index contributed by atoms with van der Waals surface area (Å²) in [4.78, 5) is 12.5. The van der Waals surface area contributed by atoms with E-state index in [1.54, 1.807) is 6.07 Å². The number of Topliss-reactive ketones (excluding diaryl/α,β-unsaturated/α-hetero) is 1. The fourth-order valence-corrected chi connectivity index (χ4v) is 3.17. The Kier molecular flexibility index (Phi) is 2.88. The second-order valence-corrected chi connectivity index (χ2v) is 5.31. The van der Waals surface area contributed by atoms with Crippen LogP contribution in [0.5, 0.6) is 5.75 Å². The van der Waals surface area contributed by atoms with Crippen LogP contribution in [0, 0.1) is 0 Å². The van der Waals surface area contributed by atoms with E-state index in [1.165, 1.54) is 18.9 Å². The smallest absolute Gasteiger partial charge is 0.177 e. The lowest BCUT2D eigenvalue weighted by Crippen LogP contribution is -2.06. The average molecular weight is 263 g/mol. The Hall–Kier alpha value is -0.380. The molecule has 1 aromatic rings. The highest BCUT2D eigenvalue weighted by Gasteiger charge is 2.32. The summed E-state index contributed by atoms with van der Waals surface area (Å²) >= 11 is 13.5. The Morgan fingerprint density at radius 2 is 2.07 bits per heavy atom. The number of halogens is 2. The zero-order chi connectivity index (χ0) is 11.2. The highest BCUT2D eigenvalue weighted by Crippen LogP contribution is 2.47. The topological polar surface area (TPSA) is 26.3 Å². The molecule has 1 heterocycles. The summed E-state index contributed by atoms with van der Waals surface area (Å²) in [6.45, 7) is 1.85. The fourth-order valence-electron chi connectivity index (χ4n) is 1.48. The summed E-state index contributed by atoms with van der Waals surface area (Å²) in [7, 11) is 1.50. The molecule has 1 aliphatic heterocycles. The van der Waals surface area contributed by atoms with Crippen molar-refractivity contribution in [3.63, 3.8) is 0 Å². The van der Waals surface area contributed by atoms with Crippen LogP contribution in [0.2, 0.25) is 10.0 Å². The first-order chi connectivity index (χ1) is 7.06. The number of fused-ring (bicyclic) bond motifs is 1. The van der Waals surface area contributed by atoms with Gasteiger partial charge in [0.25, 0.3) is 0 Å². The number of carbonyl (C=O) groups is 1. The monoisotopic (exact) mass is 262 g/mol. The molecule has 0 spiro atoms. The van der Waals surface area contributed by atoms with E-state index in [0.29, 0.717) is 21.4 Å². The first kappa shape index (κ1) is 11.1. The molecule has 80 valence electrons. The lowest BCUT2D eigenvalue weighted by atomic mass is 10.1. The van der Waals surface area contributed by atoms with Crippen LogP contribution >= 0.6 is 35.0 Å². The molecule has 1 aliphatic rings. The normalized spacial score (nSPS) is 19.2. The molecule has 0 fully saturated rings. The third kappa shape index (κ3) is 1.63. The van der Waals surface area contributed by atoms with Crippen LogP contribution in [0.15, 0.2) is 11.0 Å². The standard InChI is InChI=1S/C10H8Cl2O2S/c1-4-9(13)5-3-6(14-2)7(11)8(12)10(5)15-4/h3-4H,1-2H3. The van der Waals surface area contributed by atoms with Gasteiger partial charge in [-0.3, -0.25) is 4.79 Å². The largest absolute Gasteiger partial charge is 0.495 e. The maximum Gasteiger partial charge on any atom is 0.177 e. The maximum absolute atomic E-state index is 11.8. The van der Waals surface area contributed by atoms with E-state index >= 15 is 0 Å². The molecule has 2 rings (SSSR count). The maximum atomic E-state index is 11.8. The van der Waals surface area contributed by atoms with Gasteiger partial charge in [-0.1, -0.05) is 23.2 Å². The molecule has 0 N–H and O–H groups in total. The molecule has 0 saturated heterocycles. The van der Waals surface area contributed by atoms with Crippen molar-refractivity contribution in [1.82, 2.24) is 0 Å². The van der Waals surface area contributed by atoms with Crippen molar-refractivity contribution in [2.24, 2.45) is 0 Å². The Labute approximate surface area is 102 Å². The number of hydrogen-bond donors (Lipinski definition) is 0. The molecule has 0 aromatic heterocycles. The molecule has 0 bridgehead atoms. The zero-order valence-corrected chi connectivity index (χ0v) is 10.5. The van der Waals surface area contributed by atoms with E-state index in [2.05, 4.69) is 0 Å². The molecule has 15 heavy (non-hydrogen) atoms. The SMILES string of the molecule is COc1cc2c(c(Cl)c1Cl)SC(C)C2=O. The van der Waals surface area contributed by atoms with Crippen LogP contribution in [0.1, 0.15) is 17.3 Å².